The number of H-pyrrole nitrogens is 2. The summed E-state index contributed by atoms with van der Waals surface area (Å²) >= 11 is 0. The highest BCUT2D eigenvalue weighted by atomic mass is 16.1. The molecule has 1 saturated heterocycles. The Morgan fingerprint density at radius 3 is 2.76 bits per heavy atom. The molecule has 0 aliphatic carbocycles. The zero-order valence-electron chi connectivity index (χ0n) is 18.4. The lowest BCUT2D eigenvalue weighted by molar-refractivity contribution is 0.313. The van der Waals surface area contributed by atoms with Crippen LogP contribution in [0.15, 0.2) is 72.0 Å². The number of hydrogen-bond donors (Lipinski definition) is 3. The summed E-state index contributed by atoms with van der Waals surface area (Å²) < 4.78 is 1.84. The molecular weight excluding hydrogens is 414 g/mol. The molecule has 33 heavy (non-hydrogen) atoms. The van der Waals surface area contributed by atoms with E-state index >= 15 is 0 Å². The van der Waals surface area contributed by atoms with Gasteiger partial charge < -0.3 is 29.5 Å². The smallest absolute Gasteiger partial charge is 0.272 e. The van der Waals surface area contributed by atoms with Crippen molar-refractivity contribution in [1.29, 1.82) is 0 Å². The average Bonchev–Trinajstić information content (AvgIpc) is 3.44. The third kappa shape index (κ3) is 3.64. The first-order valence-electron chi connectivity index (χ1n) is 11.1. The summed E-state index contributed by atoms with van der Waals surface area (Å²) in [6, 6.07) is 14.4. The highest BCUT2D eigenvalue weighted by Gasteiger charge is 2.15. The molecule has 6 rings (SSSR count). The molecule has 1 aliphatic heterocycles. The van der Waals surface area contributed by atoms with E-state index in [4.69, 9.17) is 4.98 Å². The Morgan fingerprint density at radius 1 is 1.03 bits per heavy atom. The van der Waals surface area contributed by atoms with E-state index in [1.54, 1.807) is 6.20 Å². The monoisotopic (exact) mass is 439 g/mol. The summed E-state index contributed by atoms with van der Waals surface area (Å²) in [5, 5.41) is 4.46. The van der Waals surface area contributed by atoms with Crippen LogP contribution in [-0.4, -0.2) is 57.5 Å². The van der Waals surface area contributed by atoms with Crippen molar-refractivity contribution >= 4 is 33.7 Å². The molecule has 8 nitrogen and oxygen atoms in total. The minimum Gasteiger partial charge on any atom is -0.369 e. The number of anilines is 3. The van der Waals surface area contributed by atoms with Crippen LogP contribution in [-0.2, 0) is 0 Å². The second-order valence-corrected chi connectivity index (χ2v) is 8.57. The number of piperazine rings is 1. The summed E-state index contributed by atoms with van der Waals surface area (Å²) in [5.41, 5.74) is 5.55. The number of fused-ring (bicyclic) bond motifs is 2. The van der Waals surface area contributed by atoms with Crippen molar-refractivity contribution in [3.63, 3.8) is 0 Å². The highest BCUT2D eigenvalue weighted by molar-refractivity contribution is 5.95. The standard InChI is InChI=1S/C25H25N7O/c1-30-9-11-31(12-10-30)19-4-2-3-18(14-19)28-23-6-5-20-21(15-27-24(20)29-23)17-13-22-25(33)26-7-8-32(22)16-17/h2-8,13-16H,9-12H2,1H3,(H,26,33)(H2,27,28,29). The van der Waals surface area contributed by atoms with E-state index in [0.29, 0.717) is 5.52 Å². The van der Waals surface area contributed by atoms with Gasteiger partial charge in [-0.2, -0.15) is 0 Å². The molecule has 0 bridgehead atoms. The lowest BCUT2D eigenvalue weighted by atomic mass is 10.1. The lowest BCUT2D eigenvalue weighted by Gasteiger charge is -2.34. The fourth-order valence-corrected chi connectivity index (χ4v) is 4.51. The minimum absolute atomic E-state index is 0.105. The SMILES string of the molecule is CN1CCN(c2cccc(Nc3ccc4c(-c5cc6c(=O)[nH]ccn6c5)c[nH]c4n3)c2)CC1. The van der Waals surface area contributed by atoms with Gasteiger partial charge in [0.2, 0.25) is 0 Å². The Balaban J connectivity index is 1.27. The van der Waals surface area contributed by atoms with Gasteiger partial charge in [-0.1, -0.05) is 6.07 Å². The number of aromatic nitrogens is 4. The van der Waals surface area contributed by atoms with Gasteiger partial charge in [0.15, 0.2) is 0 Å². The topological polar surface area (TPSA) is 84.5 Å². The fourth-order valence-electron chi connectivity index (χ4n) is 4.51. The number of nitrogens with one attached hydrogen (secondary N) is 3. The second kappa shape index (κ2) is 7.83. The number of pyridine rings is 1. The van der Waals surface area contributed by atoms with Crippen molar-refractivity contribution in [3.8, 4) is 11.1 Å². The molecule has 0 radical (unpaired) electrons. The maximum absolute atomic E-state index is 12.1. The number of hydrogen-bond acceptors (Lipinski definition) is 5. The minimum atomic E-state index is -0.105. The zero-order chi connectivity index (χ0) is 22.4. The van der Waals surface area contributed by atoms with Crippen LogP contribution >= 0.6 is 0 Å². The van der Waals surface area contributed by atoms with Crippen LogP contribution in [0, 0.1) is 0 Å². The summed E-state index contributed by atoms with van der Waals surface area (Å²) in [5.74, 6) is 0.782. The average molecular weight is 440 g/mol. The molecule has 4 aromatic heterocycles. The van der Waals surface area contributed by atoms with Crippen LogP contribution in [0.4, 0.5) is 17.2 Å². The van der Waals surface area contributed by atoms with E-state index < -0.39 is 0 Å². The lowest BCUT2D eigenvalue weighted by Crippen LogP contribution is -2.44. The maximum atomic E-state index is 12.1. The molecular formula is C25H25N7O. The number of nitrogens with zero attached hydrogens (tertiary/aromatic N) is 4. The highest BCUT2D eigenvalue weighted by Crippen LogP contribution is 2.30. The molecule has 1 aliphatic rings. The van der Waals surface area contributed by atoms with E-state index in [2.05, 4.69) is 62.5 Å². The number of benzene rings is 1. The van der Waals surface area contributed by atoms with Crippen molar-refractivity contribution in [3.05, 3.63) is 77.6 Å². The van der Waals surface area contributed by atoms with Gasteiger partial charge in [0.05, 0.1) is 0 Å². The zero-order valence-corrected chi connectivity index (χ0v) is 18.4. The van der Waals surface area contributed by atoms with Crippen molar-refractivity contribution in [1.82, 2.24) is 24.3 Å². The molecule has 0 saturated carbocycles. The first-order valence-corrected chi connectivity index (χ1v) is 11.1. The van der Waals surface area contributed by atoms with E-state index in [9.17, 15) is 4.79 Å². The summed E-state index contributed by atoms with van der Waals surface area (Å²) in [4.78, 5) is 27.6. The molecule has 166 valence electrons. The van der Waals surface area contributed by atoms with Crippen LogP contribution in [0.3, 0.4) is 0 Å². The number of aromatic amines is 2. The Hall–Kier alpha value is -4.04. The van der Waals surface area contributed by atoms with Crippen molar-refractivity contribution in [2.24, 2.45) is 0 Å². The summed E-state index contributed by atoms with van der Waals surface area (Å²) in [6.45, 7) is 4.24. The van der Waals surface area contributed by atoms with Gasteiger partial charge in [0, 0.05) is 78.9 Å². The third-order valence-corrected chi connectivity index (χ3v) is 6.37. The predicted molar refractivity (Wildman–Crippen MR) is 133 cm³/mol. The Morgan fingerprint density at radius 2 is 1.91 bits per heavy atom. The molecule has 1 aromatic carbocycles. The summed E-state index contributed by atoms with van der Waals surface area (Å²) in [7, 11) is 2.17. The van der Waals surface area contributed by atoms with Crippen LogP contribution in [0.1, 0.15) is 0 Å². The third-order valence-electron chi connectivity index (χ3n) is 6.37. The largest absolute Gasteiger partial charge is 0.369 e. The number of likely N-dealkylation sites (N-methyl/N-ethyl adjacent to an activating group) is 1. The van der Waals surface area contributed by atoms with Crippen LogP contribution < -0.4 is 15.8 Å². The Labute approximate surface area is 190 Å². The Kier molecular flexibility index (Phi) is 4.66. The molecule has 0 spiro atoms. The fraction of sp³-hybridized carbons (Fsp3) is 0.200. The molecule has 5 aromatic rings. The van der Waals surface area contributed by atoms with Crippen molar-refractivity contribution in [2.45, 2.75) is 0 Å². The number of rotatable bonds is 4. The van der Waals surface area contributed by atoms with Gasteiger partial charge in [0.1, 0.15) is 17.0 Å². The van der Waals surface area contributed by atoms with Crippen LogP contribution in [0.25, 0.3) is 27.7 Å². The molecule has 0 unspecified atom stereocenters. The normalized spacial score (nSPS) is 14.9. The van der Waals surface area contributed by atoms with Crippen molar-refractivity contribution in [2.75, 3.05) is 43.4 Å². The van der Waals surface area contributed by atoms with E-state index in [0.717, 1.165) is 59.8 Å². The molecule has 1 fully saturated rings. The molecule has 0 amide bonds. The van der Waals surface area contributed by atoms with Crippen LogP contribution in [0.2, 0.25) is 0 Å². The van der Waals surface area contributed by atoms with E-state index in [1.165, 1.54) is 5.69 Å². The van der Waals surface area contributed by atoms with E-state index in [1.807, 2.05) is 35.1 Å². The quantitative estimate of drug-likeness (QED) is 0.398. The van der Waals surface area contributed by atoms with Gasteiger partial charge in [0.25, 0.3) is 5.56 Å². The van der Waals surface area contributed by atoms with Gasteiger partial charge in [-0.3, -0.25) is 4.79 Å². The van der Waals surface area contributed by atoms with Crippen molar-refractivity contribution < 1.29 is 0 Å². The maximum Gasteiger partial charge on any atom is 0.272 e. The van der Waals surface area contributed by atoms with Gasteiger partial charge in [-0.15, -0.1) is 0 Å². The van der Waals surface area contributed by atoms with Gasteiger partial charge in [-0.25, -0.2) is 4.98 Å². The van der Waals surface area contributed by atoms with Crippen LogP contribution in [0.5, 0.6) is 0 Å². The Bertz CT molecular complexity index is 1500. The second-order valence-electron chi connectivity index (χ2n) is 8.57. The molecule has 3 N–H and O–H groups in total. The van der Waals surface area contributed by atoms with E-state index in [-0.39, 0.29) is 5.56 Å². The molecule has 5 heterocycles. The first kappa shape index (κ1) is 19.6. The molecule has 8 heteroatoms. The van der Waals surface area contributed by atoms with Gasteiger partial charge >= 0.3 is 0 Å². The first-order chi connectivity index (χ1) is 16.1. The van der Waals surface area contributed by atoms with Gasteiger partial charge in [-0.05, 0) is 43.4 Å². The summed E-state index contributed by atoms with van der Waals surface area (Å²) in [6.07, 6.45) is 7.39. The predicted octanol–water partition coefficient (Wildman–Crippen LogP) is 3.67. The molecule has 0 atom stereocenters.